The number of nitrogens with one attached hydrogen (secondary N) is 1. The Hall–Kier alpha value is -1.55. The van der Waals surface area contributed by atoms with Gasteiger partial charge in [-0.3, -0.25) is 9.69 Å². The van der Waals surface area contributed by atoms with E-state index in [2.05, 4.69) is 24.2 Å². The standard InChI is InChI=1S/C18H28N2O2/c1-5-20(3)18(11-6-7-12-18)13-19-17(21)16-14(2)9-8-10-15(16)22-4/h8-10H,5-7,11-13H2,1-4H3,(H,19,21). The second-order valence-electron chi connectivity index (χ2n) is 6.28. The van der Waals surface area contributed by atoms with Crippen LogP contribution in [0.25, 0.3) is 0 Å². The van der Waals surface area contributed by atoms with Crippen LogP contribution in [0.4, 0.5) is 0 Å². The zero-order valence-electron chi connectivity index (χ0n) is 14.2. The van der Waals surface area contributed by atoms with Crippen molar-refractivity contribution in [1.29, 1.82) is 0 Å². The number of hydrogen-bond acceptors (Lipinski definition) is 3. The van der Waals surface area contributed by atoms with Crippen LogP contribution in [-0.4, -0.2) is 43.6 Å². The molecule has 0 bridgehead atoms. The van der Waals surface area contributed by atoms with Crippen molar-refractivity contribution in [2.45, 2.75) is 45.1 Å². The van der Waals surface area contributed by atoms with Crippen LogP contribution >= 0.6 is 0 Å². The molecule has 1 saturated carbocycles. The second-order valence-corrected chi connectivity index (χ2v) is 6.28. The predicted octanol–water partition coefficient (Wildman–Crippen LogP) is 3.00. The van der Waals surface area contributed by atoms with Crippen LogP contribution in [0.15, 0.2) is 18.2 Å². The van der Waals surface area contributed by atoms with E-state index in [9.17, 15) is 4.79 Å². The van der Waals surface area contributed by atoms with Crippen molar-refractivity contribution in [3.05, 3.63) is 29.3 Å². The SMILES string of the molecule is CCN(C)C1(CNC(=O)c2c(C)cccc2OC)CCCC1. The lowest BCUT2D eigenvalue weighted by Gasteiger charge is -2.38. The average Bonchev–Trinajstić information content (AvgIpc) is 3.01. The number of nitrogens with zero attached hydrogens (tertiary/aromatic N) is 1. The summed E-state index contributed by atoms with van der Waals surface area (Å²) < 4.78 is 5.34. The number of aryl methyl sites for hydroxylation is 1. The van der Waals surface area contributed by atoms with Crippen molar-refractivity contribution in [3.63, 3.8) is 0 Å². The molecular weight excluding hydrogens is 276 g/mol. The number of hydrogen-bond donors (Lipinski definition) is 1. The first-order valence-electron chi connectivity index (χ1n) is 8.17. The molecule has 1 aromatic rings. The van der Waals surface area contributed by atoms with E-state index in [-0.39, 0.29) is 11.4 Å². The van der Waals surface area contributed by atoms with E-state index in [1.165, 1.54) is 12.8 Å². The lowest BCUT2D eigenvalue weighted by molar-refractivity contribution is 0.0871. The third kappa shape index (κ3) is 3.27. The van der Waals surface area contributed by atoms with Crippen molar-refractivity contribution >= 4 is 5.91 Å². The van der Waals surface area contributed by atoms with Gasteiger partial charge in [-0.15, -0.1) is 0 Å². The highest BCUT2D eigenvalue weighted by atomic mass is 16.5. The fourth-order valence-electron chi connectivity index (χ4n) is 3.50. The van der Waals surface area contributed by atoms with Gasteiger partial charge in [-0.05, 0) is 45.0 Å². The topological polar surface area (TPSA) is 41.6 Å². The maximum Gasteiger partial charge on any atom is 0.255 e. The second kappa shape index (κ2) is 7.14. The highest BCUT2D eigenvalue weighted by molar-refractivity contribution is 5.98. The van der Waals surface area contributed by atoms with Gasteiger partial charge in [0.05, 0.1) is 12.7 Å². The minimum atomic E-state index is -0.0364. The van der Waals surface area contributed by atoms with Gasteiger partial charge in [-0.1, -0.05) is 31.9 Å². The summed E-state index contributed by atoms with van der Waals surface area (Å²) in [5.41, 5.74) is 1.71. The molecule has 0 aliphatic heterocycles. The third-order valence-electron chi connectivity index (χ3n) is 5.08. The van der Waals surface area contributed by atoms with Crippen molar-refractivity contribution in [3.8, 4) is 5.75 Å². The van der Waals surface area contributed by atoms with Gasteiger partial charge >= 0.3 is 0 Å². The van der Waals surface area contributed by atoms with Crippen LogP contribution in [-0.2, 0) is 0 Å². The molecule has 1 amide bonds. The molecule has 0 spiro atoms. The van der Waals surface area contributed by atoms with Gasteiger partial charge in [0.15, 0.2) is 0 Å². The Morgan fingerprint density at radius 3 is 2.64 bits per heavy atom. The molecule has 22 heavy (non-hydrogen) atoms. The highest BCUT2D eigenvalue weighted by Gasteiger charge is 2.37. The summed E-state index contributed by atoms with van der Waals surface area (Å²) in [6.45, 7) is 5.82. The number of ether oxygens (including phenoxy) is 1. The molecule has 122 valence electrons. The summed E-state index contributed by atoms with van der Waals surface area (Å²) in [7, 11) is 3.76. The van der Waals surface area contributed by atoms with Crippen molar-refractivity contribution in [2.24, 2.45) is 0 Å². The molecule has 1 aliphatic rings. The number of benzene rings is 1. The zero-order chi connectivity index (χ0) is 16.2. The number of amides is 1. The maximum absolute atomic E-state index is 12.6. The minimum absolute atomic E-state index is 0.0364. The number of carbonyl (C=O) groups is 1. The number of rotatable bonds is 6. The Labute approximate surface area is 133 Å². The Morgan fingerprint density at radius 2 is 2.05 bits per heavy atom. The van der Waals surface area contributed by atoms with Gasteiger partial charge in [-0.2, -0.15) is 0 Å². The third-order valence-corrected chi connectivity index (χ3v) is 5.08. The predicted molar refractivity (Wildman–Crippen MR) is 89.6 cm³/mol. The quantitative estimate of drug-likeness (QED) is 0.878. The van der Waals surface area contributed by atoms with E-state index in [1.807, 2.05) is 25.1 Å². The minimum Gasteiger partial charge on any atom is -0.496 e. The average molecular weight is 304 g/mol. The van der Waals surface area contributed by atoms with Gasteiger partial charge in [0.1, 0.15) is 5.75 Å². The zero-order valence-corrected chi connectivity index (χ0v) is 14.2. The van der Waals surface area contributed by atoms with E-state index in [0.717, 1.165) is 24.9 Å². The molecule has 0 atom stereocenters. The molecule has 1 aromatic carbocycles. The molecule has 2 rings (SSSR count). The smallest absolute Gasteiger partial charge is 0.255 e. The first kappa shape index (κ1) is 16.8. The van der Waals surface area contributed by atoms with Gasteiger partial charge < -0.3 is 10.1 Å². The van der Waals surface area contributed by atoms with E-state index in [4.69, 9.17) is 4.74 Å². The molecule has 0 saturated heterocycles. The molecule has 0 heterocycles. The molecule has 1 fully saturated rings. The summed E-state index contributed by atoms with van der Waals surface area (Å²) >= 11 is 0. The molecular formula is C18H28N2O2. The van der Waals surface area contributed by atoms with Crippen LogP contribution in [0.1, 0.15) is 48.5 Å². The highest BCUT2D eigenvalue weighted by Crippen LogP contribution is 2.34. The van der Waals surface area contributed by atoms with E-state index in [1.54, 1.807) is 7.11 Å². The van der Waals surface area contributed by atoms with Crippen molar-refractivity contribution in [2.75, 3.05) is 27.2 Å². The Bertz CT molecular complexity index is 522. The molecule has 0 radical (unpaired) electrons. The summed E-state index contributed by atoms with van der Waals surface area (Å²) in [6.07, 6.45) is 4.80. The van der Waals surface area contributed by atoms with Gasteiger partial charge in [0.2, 0.25) is 0 Å². The van der Waals surface area contributed by atoms with Crippen LogP contribution < -0.4 is 10.1 Å². The first-order chi connectivity index (χ1) is 10.5. The Balaban J connectivity index is 2.12. The summed E-state index contributed by atoms with van der Waals surface area (Å²) in [5.74, 6) is 0.604. The largest absolute Gasteiger partial charge is 0.496 e. The van der Waals surface area contributed by atoms with Crippen molar-refractivity contribution in [1.82, 2.24) is 10.2 Å². The van der Waals surface area contributed by atoms with Crippen LogP contribution in [0.2, 0.25) is 0 Å². The van der Waals surface area contributed by atoms with Crippen molar-refractivity contribution < 1.29 is 9.53 Å². The number of methoxy groups -OCH3 is 1. The van der Waals surface area contributed by atoms with Gasteiger partial charge in [0.25, 0.3) is 5.91 Å². The molecule has 4 heteroatoms. The van der Waals surface area contributed by atoms with E-state index in [0.29, 0.717) is 17.9 Å². The first-order valence-corrected chi connectivity index (χ1v) is 8.17. The maximum atomic E-state index is 12.6. The summed E-state index contributed by atoms with van der Waals surface area (Å²) in [6, 6.07) is 5.70. The fourth-order valence-corrected chi connectivity index (χ4v) is 3.50. The fraction of sp³-hybridized carbons (Fsp3) is 0.611. The van der Waals surface area contributed by atoms with E-state index < -0.39 is 0 Å². The monoisotopic (exact) mass is 304 g/mol. The van der Waals surface area contributed by atoms with Crippen LogP contribution in [0.5, 0.6) is 5.75 Å². The molecule has 4 nitrogen and oxygen atoms in total. The van der Waals surface area contributed by atoms with E-state index >= 15 is 0 Å². The number of likely N-dealkylation sites (N-methyl/N-ethyl adjacent to an activating group) is 1. The molecule has 0 unspecified atom stereocenters. The van der Waals surface area contributed by atoms with Gasteiger partial charge in [-0.25, -0.2) is 0 Å². The normalized spacial score (nSPS) is 16.8. The van der Waals surface area contributed by atoms with Gasteiger partial charge in [0, 0.05) is 12.1 Å². The van der Waals surface area contributed by atoms with Crippen LogP contribution in [0.3, 0.4) is 0 Å². The van der Waals surface area contributed by atoms with Crippen LogP contribution in [0, 0.1) is 6.92 Å². The molecule has 0 aromatic heterocycles. The number of carbonyl (C=O) groups excluding carboxylic acids is 1. The lowest BCUT2D eigenvalue weighted by Crippen LogP contribution is -2.52. The molecule has 1 N–H and O–H groups in total. The molecule has 1 aliphatic carbocycles. The summed E-state index contributed by atoms with van der Waals surface area (Å²) in [5, 5.41) is 3.15. The Kier molecular flexibility index (Phi) is 5.46. The Morgan fingerprint density at radius 1 is 1.36 bits per heavy atom. The lowest BCUT2D eigenvalue weighted by atomic mass is 9.95. The summed E-state index contributed by atoms with van der Waals surface area (Å²) in [4.78, 5) is 15.0.